The molecule has 2 unspecified atom stereocenters. The molecule has 2 N–H and O–H groups in total. The molecule has 0 fully saturated rings. The van der Waals surface area contributed by atoms with Crippen molar-refractivity contribution in [2.45, 2.75) is 30.0 Å². The lowest BCUT2D eigenvalue weighted by molar-refractivity contribution is 0.282. The summed E-state index contributed by atoms with van der Waals surface area (Å²) in [7, 11) is -3.73. The van der Waals surface area contributed by atoms with Gasteiger partial charge in [0.2, 0.25) is 10.0 Å². The first-order valence-electron chi connectivity index (χ1n) is 6.44. The molecule has 0 saturated heterocycles. The normalized spacial score (nSPS) is 14.7. The van der Waals surface area contributed by atoms with Gasteiger partial charge in [-0.2, -0.15) is 11.8 Å². The highest BCUT2D eigenvalue weighted by Crippen LogP contribution is 2.28. The van der Waals surface area contributed by atoms with E-state index in [4.69, 9.17) is 4.74 Å². The molecule has 0 saturated carbocycles. The van der Waals surface area contributed by atoms with Crippen molar-refractivity contribution in [2.24, 2.45) is 0 Å². The number of ether oxygens (including phenoxy) is 1. The van der Waals surface area contributed by atoms with Gasteiger partial charge in [-0.05, 0) is 38.3 Å². The van der Waals surface area contributed by atoms with Crippen LogP contribution in [0.15, 0.2) is 27.6 Å². The molecule has 1 rings (SSSR count). The third kappa shape index (κ3) is 5.14. The summed E-state index contributed by atoms with van der Waals surface area (Å²) < 4.78 is 33.7. The second-order valence-corrected chi connectivity index (χ2v) is 8.07. The van der Waals surface area contributed by atoms with E-state index < -0.39 is 16.1 Å². The number of hydrogen-bond acceptors (Lipinski definition) is 5. The third-order valence-corrected chi connectivity index (χ3v) is 6.11. The summed E-state index contributed by atoms with van der Waals surface area (Å²) in [5, 5.41) is 9.05. The second-order valence-electron chi connectivity index (χ2n) is 4.39. The fraction of sp³-hybridized carbons (Fsp3) is 0.538. The van der Waals surface area contributed by atoms with E-state index in [1.807, 2.05) is 6.26 Å². The molecule has 5 nitrogen and oxygen atoms in total. The quantitative estimate of drug-likeness (QED) is 0.703. The molecule has 2 atom stereocenters. The molecule has 8 heteroatoms. The number of nitrogens with one attached hydrogen (secondary N) is 1. The lowest BCUT2D eigenvalue weighted by Crippen LogP contribution is -2.41. The molecule has 0 amide bonds. The zero-order valence-electron chi connectivity index (χ0n) is 12.2. The Labute approximate surface area is 138 Å². The minimum atomic E-state index is -3.73. The molecule has 0 aromatic heterocycles. The van der Waals surface area contributed by atoms with Crippen molar-refractivity contribution in [1.29, 1.82) is 0 Å². The van der Waals surface area contributed by atoms with Crippen LogP contribution in [0.3, 0.4) is 0 Å². The van der Waals surface area contributed by atoms with E-state index in [0.717, 1.165) is 0 Å². The Hall–Kier alpha value is -0.280. The first-order chi connectivity index (χ1) is 9.85. The Morgan fingerprint density at radius 2 is 2.14 bits per heavy atom. The van der Waals surface area contributed by atoms with Crippen LogP contribution in [-0.4, -0.2) is 44.3 Å². The predicted molar refractivity (Wildman–Crippen MR) is 89.5 cm³/mol. The fourth-order valence-electron chi connectivity index (χ4n) is 1.79. The largest absolute Gasteiger partial charge is 0.492 e. The number of sulfonamides is 1. The standard InChI is InChI=1S/C13H20BrNO4S2/c1-4-19-11-6-5-10(14)7-13(11)21(17,18)15-9(2)12(8-16)20-3/h5-7,9,12,15-16H,4,8H2,1-3H3. The molecule has 1 aromatic rings. The Morgan fingerprint density at radius 1 is 1.48 bits per heavy atom. The SMILES string of the molecule is CCOc1ccc(Br)cc1S(=O)(=O)NC(C)C(CO)SC. The van der Waals surface area contributed by atoms with Crippen LogP contribution in [0.2, 0.25) is 0 Å². The molecular formula is C13H20BrNO4S2. The Kier molecular flexibility index (Phi) is 7.49. The van der Waals surface area contributed by atoms with Crippen LogP contribution in [0.1, 0.15) is 13.8 Å². The van der Waals surface area contributed by atoms with Gasteiger partial charge in [-0.15, -0.1) is 0 Å². The third-order valence-electron chi connectivity index (χ3n) is 2.88. The Balaban J connectivity index is 3.10. The van der Waals surface area contributed by atoms with E-state index >= 15 is 0 Å². The molecule has 0 bridgehead atoms. The van der Waals surface area contributed by atoms with Crippen molar-refractivity contribution in [2.75, 3.05) is 19.5 Å². The maximum absolute atomic E-state index is 12.5. The van der Waals surface area contributed by atoms with Crippen molar-refractivity contribution >= 4 is 37.7 Å². The van der Waals surface area contributed by atoms with Crippen LogP contribution in [0.25, 0.3) is 0 Å². The fourth-order valence-corrected chi connectivity index (χ4v) is 4.47. The Bertz CT molecular complexity index is 561. The number of halogens is 1. The molecule has 0 aliphatic heterocycles. The van der Waals surface area contributed by atoms with Crippen molar-refractivity contribution in [3.63, 3.8) is 0 Å². The monoisotopic (exact) mass is 397 g/mol. The first-order valence-corrected chi connectivity index (χ1v) is 10.0. The van der Waals surface area contributed by atoms with Gasteiger partial charge in [0, 0.05) is 15.8 Å². The second kappa shape index (κ2) is 8.38. The molecule has 0 aliphatic rings. The van der Waals surface area contributed by atoms with E-state index in [1.165, 1.54) is 17.8 Å². The zero-order chi connectivity index (χ0) is 16.0. The van der Waals surface area contributed by atoms with Gasteiger partial charge in [-0.1, -0.05) is 15.9 Å². The number of thioether (sulfide) groups is 1. The number of aliphatic hydroxyl groups is 1. The van der Waals surface area contributed by atoms with Crippen molar-refractivity contribution < 1.29 is 18.3 Å². The van der Waals surface area contributed by atoms with Gasteiger partial charge in [0.05, 0.1) is 13.2 Å². The average molecular weight is 398 g/mol. The predicted octanol–water partition coefficient (Wildman–Crippen LogP) is 2.24. The van der Waals surface area contributed by atoms with Crippen molar-refractivity contribution in [1.82, 2.24) is 4.72 Å². The lowest BCUT2D eigenvalue weighted by Gasteiger charge is -2.22. The number of hydrogen-bond donors (Lipinski definition) is 2. The Morgan fingerprint density at radius 3 is 2.67 bits per heavy atom. The van der Waals surface area contributed by atoms with Gasteiger partial charge in [0.15, 0.2) is 0 Å². The summed E-state index contributed by atoms with van der Waals surface area (Å²) >= 11 is 4.68. The maximum Gasteiger partial charge on any atom is 0.244 e. The van der Waals surface area contributed by atoms with Gasteiger partial charge in [-0.3, -0.25) is 0 Å². The molecule has 0 aliphatic carbocycles. The minimum Gasteiger partial charge on any atom is -0.492 e. The number of aliphatic hydroxyl groups excluding tert-OH is 1. The van der Waals surface area contributed by atoms with Gasteiger partial charge in [0.25, 0.3) is 0 Å². The molecule has 0 heterocycles. The van der Waals surface area contributed by atoms with Crippen LogP contribution in [0.5, 0.6) is 5.75 Å². The number of rotatable bonds is 8. The molecule has 120 valence electrons. The minimum absolute atomic E-state index is 0.0865. The van der Waals surface area contributed by atoms with Gasteiger partial charge in [-0.25, -0.2) is 13.1 Å². The van der Waals surface area contributed by atoms with Crippen LogP contribution in [-0.2, 0) is 10.0 Å². The van der Waals surface area contributed by atoms with Gasteiger partial charge >= 0.3 is 0 Å². The highest BCUT2D eigenvalue weighted by atomic mass is 79.9. The smallest absolute Gasteiger partial charge is 0.244 e. The van der Waals surface area contributed by atoms with Gasteiger partial charge < -0.3 is 9.84 Å². The van der Waals surface area contributed by atoms with Crippen LogP contribution >= 0.6 is 27.7 Å². The lowest BCUT2D eigenvalue weighted by atomic mass is 10.3. The molecule has 21 heavy (non-hydrogen) atoms. The van der Waals surface area contributed by atoms with Crippen LogP contribution in [0, 0.1) is 0 Å². The molecule has 0 radical (unpaired) electrons. The molecule has 0 spiro atoms. The van der Waals surface area contributed by atoms with E-state index in [0.29, 0.717) is 16.8 Å². The first kappa shape index (κ1) is 18.8. The summed E-state index contributed by atoms with van der Waals surface area (Å²) in [4.78, 5) is 0.0865. The number of benzene rings is 1. The highest BCUT2D eigenvalue weighted by molar-refractivity contribution is 9.10. The van der Waals surface area contributed by atoms with E-state index in [9.17, 15) is 13.5 Å². The molecular weight excluding hydrogens is 378 g/mol. The van der Waals surface area contributed by atoms with E-state index in [-0.39, 0.29) is 16.8 Å². The zero-order valence-corrected chi connectivity index (χ0v) is 15.4. The van der Waals surface area contributed by atoms with E-state index in [2.05, 4.69) is 20.7 Å². The summed E-state index contributed by atoms with van der Waals surface area (Å²) in [5.41, 5.74) is 0. The van der Waals surface area contributed by atoms with Crippen molar-refractivity contribution in [3.8, 4) is 5.75 Å². The molecule has 1 aromatic carbocycles. The summed E-state index contributed by atoms with van der Waals surface area (Å²) in [5.74, 6) is 0.310. The summed E-state index contributed by atoms with van der Waals surface area (Å²) in [6.45, 7) is 3.81. The van der Waals surface area contributed by atoms with Crippen molar-refractivity contribution in [3.05, 3.63) is 22.7 Å². The summed E-state index contributed by atoms with van der Waals surface area (Å²) in [6, 6.07) is 4.45. The van der Waals surface area contributed by atoms with Gasteiger partial charge in [0.1, 0.15) is 10.6 Å². The average Bonchev–Trinajstić information content (AvgIpc) is 2.41. The topological polar surface area (TPSA) is 75.6 Å². The van der Waals surface area contributed by atoms with Crippen LogP contribution < -0.4 is 9.46 Å². The summed E-state index contributed by atoms with van der Waals surface area (Å²) in [6.07, 6.45) is 1.83. The maximum atomic E-state index is 12.5. The van der Waals surface area contributed by atoms with E-state index in [1.54, 1.807) is 26.0 Å². The van der Waals surface area contributed by atoms with Crippen LogP contribution in [0.4, 0.5) is 0 Å². The highest BCUT2D eigenvalue weighted by Gasteiger charge is 2.25.